The van der Waals surface area contributed by atoms with E-state index in [2.05, 4.69) is 0 Å². The average molecular weight is 257 g/mol. The maximum Gasteiger partial charge on any atom is 0.171 e. The molecule has 0 unspecified atom stereocenters. The van der Waals surface area contributed by atoms with Crippen LogP contribution in [0.4, 0.5) is 0 Å². The summed E-state index contributed by atoms with van der Waals surface area (Å²) in [7, 11) is 0. The molecule has 2 rings (SSSR count). The third-order valence-corrected chi connectivity index (χ3v) is 3.44. The normalized spacial score (nSPS) is 14.9. The van der Waals surface area contributed by atoms with Crippen LogP contribution in [0, 0.1) is 5.92 Å². The molecule has 1 saturated carbocycles. The van der Waals surface area contributed by atoms with Crippen molar-refractivity contribution in [1.29, 1.82) is 0 Å². The van der Waals surface area contributed by atoms with Crippen LogP contribution in [0.25, 0.3) is 0 Å². The van der Waals surface area contributed by atoms with Crippen LogP contribution >= 0.6 is 23.2 Å². The minimum Gasteiger partial charge on any atom is -0.299 e. The molecule has 16 heavy (non-hydrogen) atoms. The van der Waals surface area contributed by atoms with Crippen LogP contribution in [0.5, 0.6) is 0 Å². The largest absolute Gasteiger partial charge is 0.299 e. The summed E-state index contributed by atoms with van der Waals surface area (Å²) in [5.41, 5.74) is 0.336. The first kappa shape index (κ1) is 11.6. The Morgan fingerprint density at radius 1 is 1.25 bits per heavy atom. The minimum atomic E-state index is -0.246. The molecule has 0 bridgehead atoms. The summed E-state index contributed by atoms with van der Waals surface area (Å²) >= 11 is 11.7. The van der Waals surface area contributed by atoms with Crippen molar-refractivity contribution in [2.75, 3.05) is 0 Å². The number of benzene rings is 1. The van der Waals surface area contributed by atoms with E-state index >= 15 is 0 Å². The lowest BCUT2D eigenvalue weighted by atomic mass is 10.0. The van der Waals surface area contributed by atoms with Gasteiger partial charge in [0, 0.05) is 11.5 Å². The number of hydrogen-bond acceptors (Lipinski definition) is 2. The van der Waals surface area contributed by atoms with Crippen molar-refractivity contribution in [2.24, 2.45) is 5.92 Å². The van der Waals surface area contributed by atoms with Crippen molar-refractivity contribution in [3.8, 4) is 0 Å². The van der Waals surface area contributed by atoms with Crippen LogP contribution in [0.3, 0.4) is 0 Å². The van der Waals surface area contributed by atoms with Gasteiger partial charge in [-0.2, -0.15) is 0 Å². The van der Waals surface area contributed by atoms with E-state index in [-0.39, 0.29) is 28.9 Å². The third-order valence-electron chi connectivity index (χ3n) is 2.62. The van der Waals surface area contributed by atoms with Crippen molar-refractivity contribution < 1.29 is 9.59 Å². The molecule has 0 saturated heterocycles. The number of rotatable bonds is 4. The van der Waals surface area contributed by atoms with Crippen molar-refractivity contribution in [3.63, 3.8) is 0 Å². The van der Waals surface area contributed by atoms with Crippen molar-refractivity contribution >= 4 is 34.8 Å². The minimum absolute atomic E-state index is 0.0149. The highest BCUT2D eigenvalue weighted by molar-refractivity contribution is 6.44. The Bertz CT molecular complexity index is 450. The molecule has 0 aromatic heterocycles. The van der Waals surface area contributed by atoms with Crippen LogP contribution in [0.1, 0.15) is 29.6 Å². The Balaban J connectivity index is 2.14. The molecule has 1 fully saturated rings. The smallest absolute Gasteiger partial charge is 0.171 e. The zero-order valence-corrected chi connectivity index (χ0v) is 10.0. The molecular formula is C12H10Cl2O2. The fourth-order valence-corrected chi connectivity index (χ4v) is 1.93. The molecule has 0 heterocycles. The number of hydrogen-bond donors (Lipinski definition) is 0. The summed E-state index contributed by atoms with van der Waals surface area (Å²) < 4.78 is 0. The van der Waals surface area contributed by atoms with E-state index in [1.807, 2.05) is 0 Å². The quantitative estimate of drug-likeness (QED) is 0.610. The molecule has 0 radical (unpaired) electrons. The Morgan fingerprint density at radius 3 is 2.56 bits per heavy atom. The lowest BCUT2D eigenvalue weighted by Crippen LogP contribution is -2.10. The van der Waals surface area contributed by atoms with Crippen LogP contribution in [0.15, 0.2) is 18.2 Å². The van der Waals surface area contributed by atoms with Gasteiger partial charge in [-0.1, -0.05) is 29.3 Å². The van der Waals surface area contributed by atoms with Gasteiger partial charge in [0.15, 0.2) is 5.78 Å². The molecule has 0 amide bonds. The highest BCUT2D eigenvalue weighted by atomic mass is 35.5. The molecule has 1 aromatic rings. The molecule has 0 N–H and O–H groups in total. The van der Waals surface area contributed by atoms with Gasteiger partial charge in [-0.15, -0.1) is 0 Å². The van der Waals surface area contributed by atoms with Gasteiger partial charge in [0.1, 0.15) is 5.78 Å². The fourth-order valence-electron chi connectivity index (χ4n) is 1.52. The van der Waals surface area contributed by atoms with E-state index in [1.165, 1.54) is 0 Å². The summed E-state index contributed by atoms with van der Waals surface area (Å²) in [5.74, 6) is -0.132. The second kappa shape index (κ2) is 4.56. The first-order chi connectivity index (χ1) is 7.59. The van der Waals surface area contributed by atoms with Gasteiger partial charge in [0.05, 0.1) is 16.5 Å². The second-order valence-corrected chi connectivity index (χ2v) is 4.73. The van der Waals surface area contributed by atoms with Gasteiger partial charge in [0.2, 0.25) is 0 Å². The summed E-state index contributed by atoms with van der Waals surface area (Å²) in [6.45, 7) is 0. The molecule has 4 heteroatoms. The monoisotopic (exact) mass is 256 g/mol. The lowest BCUT2D eigenvalue weighted by molar-refractivity contribution is -0.119. The van der Waals surface area contributed by atoms with E-state index < -0.39 is 0 Å². The molecule has 0 spiro atoms. The van der Waals surface area contributed by atoms with Crippen LogP contribution in [0.2, 0.25) is 10.0 Å². The molecule has 1 aromatic carbocycles. The Morgan fingerprint density at radius 2 is 1.94 bits per heavy atom. The number of Topliss-reactive ketones (excluding diaryl/α,β-unsaturated/α-hetero) is 2. The number of halogens is 2. The summed E-state index contributed by atoms with van der Waals surface area (Å²) in [4.78, 5) is 23.3. The van der Waals surface area contributed by atoms with Gasteiger partial charge in [-0.05, 0) is 25.0 Å². The van der Waals surface area contributed by atoms with Crippen molar-refractivity contribution in [1.82, 2.24) is 0 Å². The Hall–Kier alpha value is -0.860. The maximum absolute atomic E-state index is 11.8. The van der Waals surface area contributed by atoms with E-state index in [0.29, 0.717) is 10.6 Å². The highest BCUT2D eigenvalue weighted by Crippen LogP contribution is 2.32. The van der Waals surface area contributed by atoms with Crippen molar-refractivity contribution in [3.05, 3.63) is 33.8 Å². The number of carbonyl (C=O) groups is 2. The number of carbonyl (C=O) groups excluding carboxylic acids is 2. The Kier molecular flexibility index (Phi) is 3.31. The van der Waals surface area contributed by atoms with Crippen molar-refractivity contribution in [2.45, 2.75) is 19.3 Å². The van der Waals surface area contributed by atoms with Crippen LogP contribution in [-0.4, -0.2) is 11.6 Å². The van der Waals surface area contributed by atoms with Crippen LogP contribution < -0.4 is 0 Å². The van der Waals surface area contributed by atoms with Gasteiger partial charge < -0.3 is 0 Å². The first-order valence-electron chi connectivity index (χ1n) is 5.09. The summed E-state index contributed by atoms with van der Waals surface area (Å²) in [6.07, 6.45) is 1.76. The highest BCUT2D eigenvalue weighted by Gasteiger charge is 2.31. The molecular weight excluding hydrogens is 247 g/mol. The van der Waals surface area contributed by atoms with E-state index in [1.54, 1.807) is 18.2 Å². The summed E-state index contributed by atoms with van der Waals surface area (Å²) in [5, 5.41) is 0.573. The van der Waals surface area contributed by atoms with E-state index in [4.69, 9.17) is 23.2 Å². The molecule has 1 aliphatic carbocycles. The van der Waals surface area contributed by atoms with Gasteiger partial charge in [0.25, 0.3) is 0 Å². The zero-order valence-electron chi connectivity index (χ0n) is 8.50. The third kappa shape index (κ3) is 2.45. The molecule has 84 valence electrons. The first-order valence-corrected chi connectivity index (χ1v) is 5.85. The predicted molar refractivity (Wildman–Crippen MR) is 63.1 cm³/mol. The zero-order chi connectivity index (χ0) is 11.7. The van der Waals surface area contributed by atoms with E-state index in [0.717, 1.165) is 12.8 Å². The topological polar surface area (TPSA) is 34.1 Å². The lowest BCUT2D eigenvalue weighted by Gasteiger charge is -2.03. The number of ketones is 2. The van der Waals surface area contributed by atoms with Gasteiger partial charge >= 0.3 is 0 Å². The second-order valence-electron chi connectivity index (χ2n) is 3.94. The molecule has 0 aliphatic heterocycles. The van der Waals surface area contributed by atoms with E-state index in [9.17, 15) is 9.59 Å². The van der Waals surface area contributed by atoms with Crippen LogP contribution in [-0.2, 0) is 4.79 Å². The predicted octanol–water partition coefficient (Wildman–Crippen LogP) is 3.55. The fraction of sp³-hybridized carbons (Fsp3) is 0.333. The van der Waals surface area contributed by atoms with Gasteiger partial charge in [-0.3, -0.25) is 9.59 Å². The molecule has 0 atom stereocenters. The maximum atomic E-state index is 11.8. The standard InChI is InChI=1S/C12H10Cl2O2/c13-9-3-1-2-8(12(9)14)11(16)6-10(15)7-4-5-7/h1-3,7H,4-6H2. The summed E-state index contributed by atoms with van der Waals surface area (Å²) in [6, 6.07) is 4.86. The Labute approximate surface area is 104 Å². The average Bonchev–Trinajstić information content (AvgIpc) is 3.05. The molecule has 2 nitrogen and oxygen atoms in total. The SMILES string of the molecule is O=C(CC(=O)C1CC1)c1cccc(Cl)c1Cl. The molecule has 1 aliphatic rings. The van der Waals surface area contributed by atoms with Gasteiger partial charge in [-0.25, -0.2) is 0 Å².